The van der Waals surface area contributed by atoms with E-state index >= 15 is 0 Å². The lowest BCUT2D eigenvalue weighted by molar-refractivity contribution is -0.139. The summed E-state index contributed by atoms with van der Waals surface area (Å²) < 4.78 is 12.7. The third kappa shape index (κ3) is 5.79. The van der Waals surface area contributed by atoms with Crippen molar-refractivity contribution in [2.75, 3.05) is 18.4 Å². The number of halogens is 1. The molecule has 20 heavy (non-hydrogen) atoms. The number of nitrogens with zero attached hydrogens (tertiary/aromatic N) is 1. The molecule has 0 atom stereocenters. The van der Waals surface area contributed by atoms with Gasteiger partial charge < -0.3 is 10.4 Å². The molecule has 0 heterocycles. The Bertz CT molecular complexity index is 460. The number of nitrogens with one attached hydrogen (secondary N) is 1. The van der Waals surface area contributed by atoms with Crippen LogP contribution in [0.15, 0.2) is 24.3 Å². The van der Waals surface area contributed by atoms with Crippen LogP contribution in [-0.4, -0.2) is 41.0 Å². The van der Waals surface area contributed by atoms with Gasteiger partial charge in [0.15, 0.2) is 0 Å². The number of benzene rings is 1. The molecule has 0 bridgehead atoms. The zero-order valence-corrected chi connectivity index (χ0v) is 11.6. The number of anilines is 1. The highest BCUT2D eigenvalue weighted by molar-refractivity contribution is 5.90. The standard InChI is InChI=1S/C14H19FN2O3/c1-10(2)17(9-14(19)20)8-7-13(18)16-12-5-3-11(15)4-6-12/h3-6,10H,7-9H2,1-2H3,(H,16,18)(H,19,20). The number of carboxylic acid groups (broad SMARTS) is 1. The first-order valence-electron chi connectivity index (χ1n) is 6.39. The second kappa shape index (κ2) is 7.59. The minimum absolute atomic E-state index is 0.0460. The van der Waals surface area contributed by atoms with Gasteiger partial charge in [0.2, 0.25) is 5.91 Å². The second-order valence-corrected chi connectivity index (χ2v) is 4.76. The molecular weight excluding hydrogens is 263 g/mol. The van der Waals surface area contributed by atoms with Gasteiger partial charge >= 0.3 is 5.97 Å². The Kier molecular flexibility index (Phi) is 6.11. The zero-order chi connectivity index (χ0) is 15.1. The molecule has 0 radical (unpaired) electrons. The molecule has 1 aromatic carbocycles. The van der Waals surface area contributed by atoms with Crippen molar-refractivity contribution in [2.45, 2.75) is 26.3 Å². The monoisotopic (exact) mass is 282 g/mol. The molecule has 0 fully saturated rings. The maximum Gasteiger partial charge on any atom is 0.317 e. The lowest BCUT2D eigenvalue weighted by Gasteiger charge is -2.24. The summed E-state index contributed by atoms with van der Waals surface area (Å²) >= 11 is 0. The molecule has 0 unspecified atom stereocenters. The first kappa shape index (κ1) is 16.1. The Labute approximate surface area is 117 Å². The van der Waals surface area contributed by atoms with E-state index in [-0.39, 0.29) is 30.7 Å². The van der Waals surface area contributed by atoms with Gasteiger partial charge in [-0.15, -0.1) is 0 Å². The van der Waals surface area contributed by atoms with Crippen molar-refractivity contribution < 1.29 is 19.1 Å². The third-order valence-corrected chi connectivity index (χ3v) is 2.82. The fourth-order valence-electron chi connectivity index (χ4n) is 1.70. The molecule has 1 amide bonds. The molecular formula is C14H19FN2O3. The van der Waals surface area contributed by atoms with Gasteiger partial charge in [-0.05, 0) is 38.1 Å². The van der Waals surface area contributed by atoms with Gasteiger partial charge in [-0.1, -0.05) is 0 Å². The summed E-state index contributed by atoms with van der Waals surface area (Å²) in [7, 11) is 0. The van der Waals surface area contributed by atoms with Gasteiger partial charge in [0.05, 0.1) is 6.54 Å². The van der Waals surface area contributed by atoms with Crippen LogP contribution in [0.1, 0.15) is 20.3 Å². The first-order chi connectivity index (χ1) is 9.38. The number of carbonyl (C=O) groups excluding carboxylic acids is 1. The van der Waals surface area contributed by atoms with Crippen LogP contribution in [0.5, 0.6) is 0 Å². The number of aliphatic carboxylic acids is 1. The molecule has 0 aromatic heterocycles. The van der Waals surface area contributed by atoms with Crippen molar-refractivity contribution in [1.29, 1.82) is 0 Å². The Hall–Kier alpha value is -1.95. The van der Waals surface area contributed by atoms with Crippen LogP contribution in [0.3, 0.4) is 0 Å². The van der Waals surface area contributed by atoms with E-state index in [0.717, 1.165) is 0 Å². The Morgan fingerprint density at radius 3 is 2.40 bits per heavy atom. The van der Waals surface area contributed by atoms with E-state index in [9.17, 15) is 14.0 Å². The minimum Gasteiger partial charge on any atom is -0.480 e. The third-order valence-electron chi connectivity index (χ3n) is 2.82. The van der Waals surface area contributed by atoms with Crippen molar-refractivity contribution in [3.8, 4) is 0 Å². The van der Waals surface area contributed by atoms with Crippen LogP contribution in [0.4, 0.5) is 10.1 Å². The van der Waals surface area contributed by atoms with Crippen LogP contribution in [0, 0.1) is 5.82 Å². The van der Waals surface area contributed by atoms with Gasteiger partial charge in [0.1, 0.15) is 5.82 Å². The number of hydrogen-bond acceptors (Lipinski definition) is 3. The van der Waals surface area contributed by atoms with Gasteiger partial charge in [0.25, 0.3) is 0 Å². The molecule has 1 aromatic rings. The van der Waals surface area contributed by atoms with Crippen molar-refractivity contribution in [3.05, 3.63) is 30.1 Å². The number of carboxylic acids is 1. The number of carbonyl (C=O) groups is 2. The molecule has 0 saturated carbocycles. The fraction of sp³-hybridized carbons (Fsp3) is 0.429. The molecule has 6 heteroatoms. The molecule has 0 aliphatic rings. The van der Waals surface area contributed by atoms with E-state index in [4.69, 9.17) is 5.11 Å². The van der Waals surface area contributed by atoms with E-state index in [1.54, 1.807) is 4.90 Å². The van der Waals surface area contributed by atoms with E-state index < -0.39 is 5.97 Å². The maximum atomic E-state index is 12.7. The van der Waals surface area contributed by atoms with Crippen molar-refractivity contribution in [3.63, 3.8) is 0 Å². The van der Waals surface area contributed by atoms with Gasteiger partial charge in [-0.25, -0.2) is 4.39 Å². The molecule has 2 N–H and O–H groups in total. The molecule has 0 aliphatic carbocycles. The van der Waals surface area contributed by atoms with Crippen molar-refractivity contribution in [1.82, 2.24) is 4.90 Å². The number of amides is 1. The largest absolute Gasteiger partial charge is 0.480 e. The van der Waals surface area contributed by atoms with Crippen molar-refractivity contribution >= 4 is 17.6 Å². The number of rotatable bonds is 7. The quantitative estimate of drug-likeness (QED) is 0.802. The number of hydrogen-bond donors (Lipinski definition) is 2. The predicted octanol–water partition coefficient (Wildman–Crippen LogP) is 1.95. The lowest BCUT2D eigenvalue weighted by atomic mass is 10.2. The second-order valence-electron chi connectivity index (χ2n) is 4.76. The average molecular weight is 282 g/mol. The van der Waals surface area contributed by atoms with Crippen LogP contribution in [0.2, 0.25) is 0 Å². The topological polar surface area (TPSA) is 69.6 Å². The molecule has 0 saturated heterocycles. The normalized spacial score (nSPS) is 10.8. The van der Waals surface area contributed by atoms with Gasteiger partial charge in [0, 0.05) is 24.7 Å². The lowest BCUT2D eigenvalue weighted by Crippen LogP contribution is -2.37. The fourth-order valence-corrected chi connectivity index (χ4v) is 1.70. The summed E-state index contributed by atoms with van der Waals surface area (Å²) in [6.07, 6.45) is 0.183. The molecule has 5 nitrogen and oxygen atoms in total. The van der Waals surface area contributed by atoms with E-state index in [1.165, 1.54) is 24.3 Å². The van der Waals surface area contributed by atoms with E-state index in [1.807, 2.05) is 13.8 Å². The molecule has 0 spiro atoms. The summed E-state index contributed by atoms with van der Waals surface area (Å²) in [5.74, 6) is -1.51. The summed E-state index contributed by atoms with van der Waals surface area (Å²) in [6.45, 7) is 4.01. The highest BCUT2D eigenvalue weighted by Gasteiger charge is 2.14. The molecule has 0 aliphatic heterocycles. The zero-order valence-electron chi connectivity index (χ0n) is 11.6. The predicted molar refractivity (Wildman–Crippen MR) is 74.0 cm³/mol. The van der Waals surface area contributed by atoms with Crippen LogP contribution < -0.4 is 5.32 Å². The smallest absolute Gasteiger partial charge is 0.317 e. The SMILES string of the molecule is CC(C)N(CCC(=O)Nc1ccc(F)cc1)CC(=O)O. The molecule has 110 valence electrons. The Morgan fingerprint density at radius 1 is 1.30 bits per heavy atom. The minimum atomic E-state index is -0.919. The summed E-state index contributed by atoms with van der Waals surface area (Å²) in [5, 5.41) is 11.4. The first-order valence-corrected chi connectivity index (χ1v) is 6.39. The van der Waals surface area contributed by atoms with Crippen LogP contribution >= 0.6 is 0 Å². The maximum absolute atomic E-state index is 12.7. The van der Waals surface area contributed by atoms with Gasteiger partial charge in [-0.2, -0.15) is 0 Å². The van der Waals surface area contributed by atoms with E-state index in [0.29, 0.717) is 12.2 Å². The Morgan fingerprint density at radius 2 is 1.90 bits per heavy atom. The molecule has 1 rings (SSSR count). The average Bonchev–Trinajstić information content (AvgIpc) is 2.36. The van der Waals surface area contributed by atoms with Crippen LogP contribution in [-0.2, 0) is 9.59 Å². The highest BCUT2D eigenvalue weighted by Crippen LogP contribution is 2.09. The van der Waals surface area contributed by atoms with Crippen molar-refractivity contribution in [2.24, 2.45) is 0 Å². The Balaban J connectivity index is 2.45. The summed E-state index contributed by atoms with van der Waals surface area (Å²) in [5.41, 5.74) is 0.519. The van der Waals surface area contributed by atoms with Crippen LogP contribution in [0.25, 0.3) is 0 Å². The summed E-state index contributed by atoms with van der Waals surface area (Å²) in [6, 6.07) is 5.53. The van der Waals surface area contributed by atoms with Gasteiger partial charge in [-0.3, -0.25) is 14.5 Å². The highest BCUT2D eigenvalue weighted by atomic mass is 19.1. The van der Waals surface area contributed by atoms with E-state index in [2.05, 4.69) is 5.32 Å². The summed E-state index contributed by atoms with van der Waals surface area (Å²) in [4.78, 5) is 24.1.